The van der Waals surface area contributed by atoms with Gasteiger partial charge in [0.1, 0.15) is 0 Å². The molecule has 56 heavy (non-hydrogen) atoms. The molecule has 0 saturated heterocycles. The van der Waals surface area contributed by atoms with Gasteiger partial charge < -0.3 is 9.13 Å². The highest BCUT2D eigenvalue weighted by molar-refractivity contribution is 6.14. The highest BCUT2D eigenvalue weighted by Gasteiger charge is 2.37. The van der Waals surface area contributed by atoms with Crippen molar-refractivity contribution in [1.29, 1.82) is 0 Å². The van der Waals surface area contributed by atoms with Crippen molar-refractivity contribution in [2.75, 3.05) is 0 Å². The molecule has 0 bridgehead atoms. The molecule has 1 aliphatic carbocycles. The zero-order chi connectivity index (χ0) is 37.5. The van der Waals surface area contributed by atoms with E-state index >= 15 is 0 Å². The molecule has 266 valence electrons. The molecule has 4 heteroatoms. The van der Waals surface area contributed by atoms with Crippen molar-refractivity contribution in [2.24, 2.45) is 0 Å². The first-order valence-electron chi connectivity index (χ1n) is 19.6. The van der Waals surface area contributed by atoms with Gasteiger partial charge in [-0.05, 0) is 105 Å². The number of para-hydroxylation sites is 3. The molecule has 7 aromatic carbocycles. The first kappa shape index (κ1) is 31.6. The number of fused-ring (bicyclic) bond motifs is 11. The minimum Gasteiger partial charge on any atom is -0.309 e. The van der Waals surface area contributed by atoms with Gasteiger partial charge in [-0.15, -0.1) is 0 Å². The van der Waals surface area contributed by atoms with Crippen LogP contribution in [-0.4, -0.2) is 19.1 Å². The van der Waals surface area contributed by atoms with E-state index in [-0.39, 0.29) is 10.8 Å². The Kier molecular flexibility index (Phi) is 6.15. The van der Waals surface area contributed by atoms with E-state index in [0.717, 1.165) is 22.4 Å². The minimum absolute atomic E-state index is 0.108. The first-order valence-corrected chi connectivity index (χ1v) is 19.6. The fourth-order valence-corrected chi connectivity index (χ4v) is 10.3. The molecule has 0 fully saturated rings. The molecule has 12 rings (SSSR count). The minimum atomic E-state index is -0.113. The van der Waals surface area contributed by atoms with Gasteiger partial charge in [-0.3, -0.25) is 0 Å². The second-order valence-electron chi connectivity index (χ2n) is 16.7. The monoisotopic (exact) mass is 718 g/mol. The number of hydrogen-bond acceptors (Lipinski definition) is 2. The Morgan fingerprint density at radius 2 is 1.09 bits per heavy atom. The Labute approximate surface area is 325 Å². The van der Waals surface area contributed by atoms with Crippen molar-refractivity contribution in [3.63, 3.8) is 0 Å². The third-order valence-electron chi connectivity index (χ3n) is 13.0. The molecule has 0 saturated carbocycles. The molecule has 0 unspecified atom stereocenters. The molecule has 0 radical (unpaired) electrons. The van der Waals surface area contributed by atoms with E-state index in [9.17, 15) is 0 Å². The molecule has 3 aromatic heterocycles. The Bertz CT molecular complexity index is 3300. The van der Waals surface area contributed by atoms with Crippen molar-refractivity contribution >= 4 is 43.6 Å². The standard InChI is InChI=1S/C52H38N4/c1-51(2)41-16-7-5-13-35(41)38-29-40-36-14-6-9-19-45(36)55(48(40)30-44(38)51)34-26-32(25-33(27-34)50-53-23-12-24-54-50)31-21-22-46-39(28-31)37-15-11-18-43-49(37)56(46)47-20-10-8-17-42(47)52(43,3)4/h5-30H,1-4H3. The van der Waals surface area contributed by atoms with Crippen LogP contribution in [0.2, 0.25) is 0 Å². The predicted molar refractivity (Wildman–Crippen MR) is 231 cm³/mol. The van der Waals surface area contributed by atoms with Crippen LogP contribution in [0, 0.1) is 0 Å². The Morgan fingerprint density at radius 1 is 0.411 bits per heavy atom. The highest BCUT2D eigenvalue weighted by atomic mass is 15.0. The van der Waals surface area contributed by atoms with Gasteiger partial charge in [-0.1, -0.05) is 113 Å². The summed E-state index contributed by atoms with van der Waals surface area (Å²) in [6.07, 6.45) is 3.66. The van der Waals surface area contributed by atoms with Gasteiger partial charge in [-0.25, -0.2) is 9.97 Å². The highest BCUT2D eigenvalue weighted by Crippen LogP contribution is 2.52. The van der Waals surface area contributed by atoms with Gasteiger partial charge >= 0.3 is 0 Å². The first-order chi connectivity index (χ1) is 27.3. The molecule has 10 aromatic rings. The largest absolute Gasteiger partial charge is 0.309 e. The summed E-state index contributed by atoms with van der Waals surface area (Å²) in [6.45, 7) is 9.43. The Balaban J connectivity index is 1.13. The summed E-state index contributed by atoms with van der Waals surface area (Å²) in [5.41, 5.74) is 18.4. The summed E-state index contributed by atoms with van der Waals surface area (Å²) >= 11 is 0. The van der Waals surface area contributed by atoms with Gasteiger partial charge in [0.05, 0.1) is 27.8 Å². The number of hydrogen-bond donors (Lipinski definition) is 0. The third kappa shape index (κ3) is 4.08. The van der Waals surface area contributed by atoms with E-state index in [2.05, 4.69) is 176 Å². The van der Waals surface area contributed by atoms with Gasteiger partial charge in [-0.2, -0.15) is 0 Å². The van der Waals surface area contributed by atoms with E-state index < -0.39 is 0 Å². The van der Waals surface area contributed by atoms with Gasteiger partial charge in [0.25, 0.3) is 0 Å². The zero-order valence-electron chi connectivity index (χ0n) is 31.8. The molecular formula is C52H38N4. The van der Waals surface area contributed by atoms with Crippen LogP contribution in [0.1, 0.15) is 49.9 Å². The van der Waals surface area contributed by atoms with E-state index in [4.69, 9.17) is 9.97 Å². The maximum atomic E-state index is 4.75. The molecular weight excluding hydrogens is 681 g/mol. The zero-order valence-corrected chi connectivity index (χ0v) is 31.8. The van der Waals surface area contributed by atoms with Crippen LogP contribution in [0.3, 0.4) is 0 Å². The second kappa shape index (κ2) is 10.9. The van der Waals surface area contributed by atoms with Crippen LogP contribution in [0.5, 0.6) is 0 Å². The molecule has 0 amide bonds. The number of benzene rings is 7. The molecule has 0 spiro atoms. The average molecular weight is 719 g/mol. The third-order valence-corrected chi connectivity index (χ3v) is 13.0. The maximum absolute atomic E-state index is 4.75. The Hall–Kier alpha value is -6.78. The lowest BCUT2D eigenvalue weighted by Crippen LogP contribution is -2.26. The molecule has 0 N–H and O–H groups in total. The fraction of sp³-hybridized carbons (Fsp3) is 0.115. The van der Waals surface area contributed by atoms with Crippen molar-refractivity contribution < 1.29 is 0 Å². The molecule has 4 heterocycles. The van der Waals surface area contributed by atoms with Crippen molar-refractivity contribution in [3.8, 4) is 45.0 Å². The van der Waals surface area contributed by atoms with E-state index in [0.29, 0.717) is 5.82 Å². The van der Waals surface area contributed by atoms with Crippen LogP contribution in [0.15, 0.2) is 158 Å². The van der Waals surface area contributed by atoms with Gasteiger partial charge in [0.15, 0.2) is 5.82 Å². The second-order valence-corrected chi connectivity index (χ2v) is 16.7. The summed E-state index contributed by atoms with van der Waals surface area (Å²) in [5.74, 6) is 0.709. The maximum Gasteiger partial charge on any atom is 0.159 e. The van der Waals surface area contributed by atoms with Crippen LogP contribution < -0.4 is 0 Å². The van der Waals surface area contributed by atoms with Gasteiger partial charge in [0, 0.05) is 56.0 Å². The summed E-state index contributed by atoms with van der Waals surface area (Å²) in [5, 5.41) is 5.04. The molecule has 4 nitrogen and oxygen atoms in total. The van der Waals surface area contributed by atoms with E-state index in [1.807, 2.05) is 18.5 Å². The predicted octanol–water partition coefficient (Wildman–Crippen LogP) is 13.0. The quantitative estimate of drug-likeness (QED) is 0.182. The van der Waals surface area contributed by atoms with Crippen molar-refractivity contribution in [1.82, 2.24) is 19.1 Å². The average Bonchev–Trinajstić information content (AvgIpc) is 3.82. The topological polar surface area (TPSA) is 35.6 Å². The van der Waals surface area contributed by atoms with Gasteiger partial charge in [0.2, 0.25) is 0 Å². The lowest BCUT2D eigenvalue weighted by molar-refractivity contribution is 0.630. The summed E-state index contributed by atoms with van der Waals surface area (Å²) in [7, 11) is 0. The van der Waals surface area contributed by atoms with Crippen LogP contribution in [-0.2, 0) is 10.8 Å². The SMILES string of the molecule is CC1(C)c2ccccc2-c2cc3c4ccccc4n(-c4cc(-c5ccc6c(c5)c5cccc7c5n6-c5ccccc5C7(C)C)cc(-c5ncccn5)c4)c3cc21. The number of nitrogens with zero attached hydrogens (tertiary/aromatic N) is 4. The lowest BCUT2D eigenvalue weighted by Gasteiger charge is -2.34. The number of aromatic nitrogens is 4. The smallest absolute Gasteiger partial charge is 0.159 e. The summed E-state index contributed by atoms with van der Waals surface area (Å²) < 4.78 is 4.94. The summed E-state index contributed by atoms with van der Waals surface area (Å²) in [4.78, 5) is 9.51. The van der Waals surface area contributed by atoms with Crippen LogP contribution in [0.4, 0.5) is 0 Å². The normalized spacial score (nSPS) is 14.7. The molecule has 0 atom stereocenters. The van der Waals surface area contributed by atoms with E-state index in [1.54, 1.807) is 0 Å². The van der Waals surface area contributed by atoms with Crippen LogP contribution in [0.25, 0.3) is 88.6 Å². The Morgan fingerprint density at radius 3 is 1.96 bits per heavy atom. The van der Waals surface area contributed by atoms with Crippen molar-refractivity contribution in [2.45, 2.75) is 38.5 Å². The molecule has 1 aliphatic heterocycles. The summed E-state index contributed by atoms with van der Waals surface area (Å²) in [6, 6.07) is 54.1. The molecule has 2 aliphatic rings. The van der Waals surface area contributed by atoms with Crippen LogP contribution >= 0.6 is 0 Å². The number of rotatable bonds is 3. The van der Waals surface area contributed by atoms with E-state index in [1.165, 1.54) is 82.7 Å². The fourth-order valence-electron chi connectivity index (χ4n) is 10.3. The van der Waals surface area contributed by atoms with Crippen molar-refractivity contribution in [3.05, 3.63) is 180 Å². The lowest BCUT2D eigenvalue weighted by atomic mass is 9.75.